The van der Waals surface area contributed by atoms with E-state index in [1.54, 1.807) is 0 Å². The van der Waals surface area contributed by atoms with E-state index in [1.807, 2.05) is 37.8 Å². The number of aromatic nitrogens is 2. The Morgan fingerprint density at radius 2 is 1.87 bits per heavy atom. The van der Waals surface area contributed by atoms with Crippen molar-refractivity contribution in [1.29, 1.82) is 0 Å². The van der Waals surface area contributed by atoms with Gasteiger partial charge in [0.1, 0.15) is 6.04 Å². The predicted octanol–water partition coefficient (Wildman–Crippen LogP) is 5.34. The smallest absolute Gasteiger partial charge is 0.160 e. The van der Waals surface area contributed by atoms with Crippen LogP contribution in [0.1, 0.15) is 90.2 Å². The molecule has 0 radical (unpaired) electrons. The molecule has 4 nitrogen and oxygen atoms in total. The molecular formula is C26H40N2O2. The molecule has 0 bridgehead atoms. The molecular weight excluding hydrogens is 372 g/mol. The van der Waals surface area contributed by atoms with Crippen molar-refractivity contribution < 1.29 is 9.90 Å². The molecule has 0 aromatic carbocycles. The van der Waals surface area contributed by atoms with Crippen LogP contribution < -0.4 is 0 Å². The topological polar surface area (TPSA) is 55.1 Å². The van der Waals surface area contributed by atoms with Gasteiger partial charge in [0.25, 0.3) is 0 Å². The quantitative estimate of drug-likeness (QED) is 0.729. The molecule has 0 amide bonds. The van der Waals surface area contributed by atoms with Crippen LogP contribution in [0.25, 0.3) is 0 Å². The summed E-state index contributed by atoms with van der Waals surface area (Å²) in [5, 5.41) is 15.0. The van der Waals surface area contributed by atoms with Crippen molar-refractivity contribution in [3.8, 4) is 0 Å². The zero-order valence-corrected chi connectivity index (χ0v) is 19.3. The summed E-state index contributed by atoms with van der Waals surface area (Å²) >= 11 is 0. The maximum atomic E-state index is 13.6. The lowest BCUT2D eigenvalue weighted by molar-refractivity contribution is -0.135. The van der Waals surface area contributed by atoms with Crippen LogP contribution in [0.5, 0.6) is 0 Å². The van der Waals surface area contributed by atoms with Crippen LogP contribution in [0.15, 0.2) is 12.4 Å². The molecule has 166 valence electrons. The van der Waals surface area contributed by atoms with E-state index in [2.05, 4.69) is 12.0 Å². The summed E-state index contributed by atoms with van der Waals surface area (Å²) in [5.41, 5.74) is 0.846. The summed E-state index contributed by atoms with van der Waals surface area (Å²) in [6.07, 6.45) is 14.4. The standard InChI is InChI=1S/C26H40N2O2/c1-16-14-27-28(15-16)17(2)24(29)23-8-7-22-21-6-5-18-13-25(3,30)11-9-19(18)20(21)10-12-26(22,23)4/h14-15,17-23,30H,5-13H2,1-4H3/t17-,18+,19-,20+,21+,22-,23+,25+,26-/m0/s1. The summed E-state index contributed by atoms with van der Waals surface area (Å²) < 4.78 is 1.87. The van der Waals surface area contributed by atoms with Gasteiger partial charge in [0.15, 0.2) is 5.78 Å². The Morgan fingerprint density at radius 3 is 2.60 bits per heavy atom. The maximum absolute atomic E-state index is 13.6. The first-order valence-corrected chi connectivity index (χ1v) is 12.5. The number of rotatable bonds is 3. The monoisotopic (exact) mass is 412 g/mol. The third kappa shape index (κ3) is 3.20. The number of aryl methyl sites for hydroxylation is 1. The lowest BCUT2D eigenvalue weighted by Gasteiger charge is -2.57. The lowest BCUT2D eigenvalue weighted by Crippen LogP contribution is -2.51. The summed E-state index contributed by atoms with van der Waals surface area (Å²) in [5.74, 6) is 4.47. The Labute approximate surface area is 181 Å². The van der Waals surface area contributed by atoms with E-state index in [4.69, 9.17) is 0 Å². The number of carbonyl (C=O) groups is 1. The van der Waals surface area contributed by atoms with Gasteiger partial charge in [0.2, 0.25) is 0 Å². The molecule has 0 unspecified atom stereocenters. The molecule has 1 heterocycles. The van der Waals surface area contributed by atoms with Gasteiger partial charge in [-0.15, -0.1) is 0 Å². The van der Waals surface area contributed by atoms with Gasteiger partial charge < -0.3 is 5.11 Å². The van der Waals surface area contributed by atoms with Crippen molar-refractivity contribution in [2.24, 2.45) is 40.9 Å². The second-order valence-corrected chi connectivity index (χ2v) is 11.9. The third-order valence-electron chi connectivity index (χ3n) is 10.1. The number of Topliss-reactive ketones (excluding diaryl/α,β-unsaturated/α-hetero) is 1. The van der Waals surface area contributed by atoms with Crippen molar-refractivity contribution in [3.05, 3.63) is 18.0 Å². The molecule has 30 heavy (non-hydrogen) atoms. The first kappa shape index (κ1) is 20.7. The van der Waals surface area contributed by atoms with Gasteiger partial charge in [0, 0.05) is 12.1 Å². The summed E-state index contributed by atoms with van der Waals surface area (Å²) in [4.78, 5) is 13.6. The number of nitrogens with zero attached hydrogens (tertiary/aromatic N) is 2. The van der Waals surface area contributed by atoms with Gasteiger partial charge in [-0.05, 0) is 119 Å². The predicted molar refractivity (Wildman–Crippen MR) is 118 cm³/mol. The lowest BCUT2D eigenvalue weighted by atomic mass is 9.49. The second-order valence-electron chi connectivity index (χ2n) is 11.9. The van der Waals surface area contributed by atoms with Crippen molar-refractivity contribution in [2.75, 3.05) is 0 Å². The first-order chi connectivity index (χ1) is 14.2. The van der Waals surface area contributed by atoms with Crippen LogP contribution in [0, 0.1) is 47.8 Å². The number of ketones is 1. The molecule has 5 rings (SSSR count). The average molecular weight is 413 g/mol. The van der Waals surface area contributed by atoms with E-state index in [0.717, 1.165) is 48.5 Å². The van der Waals surface area contributed by atoms with Crippen LogP contribution in [-0.2, 0) is 4.79 Å². The molecule has 4 aliphatic rings. The van der Waals surface area contributed by atoms with E-state index in [0.29, 0.717) is 11.7 Å². The molecule has 1 aromatic rings. The molecule has 4 fully saturated rings. The van der Waals surface area contributed by atoms with Gasteiger partial charge in [-0.3, -0.25) is 9.48 Å². The molecule has 4 aliphatic carbocycles. The van der Waals surface area contributed by atoms with Crippen molar-refractivity contribution in [1.82, 2.24) is 9.78 Å². The highest BCUT2D eigenvalue weighted by atomic mass is 16.3. The SMILES string of the molecule is Cc1cnn([C@@H](C)C(=O)[C@H]2CC[C@H]3[C@@H]4CC[C@@H]5C[C@](C)(O)CC[C@@H]5[C@H]4CC[C@]23C)c1. The number of carbonyl (C=O) groups excluding carboxylic acids is 1. The fourth-order valence-corrected chi connectivity index (χ4v) is 8.62. The van der Waals surface area contributed by atoms with Crippen molar-refractivity contribution in [3.63, 3.8) is 0 Å². The fraction of sp³-hybridized carbons (Fsp3) is 0.846. The molecule has 0 saturated heterocycles. The first-order valence-electron chi connectivity index (χ1n) is 12.5. The number of hydrogen-bond acceptors (Lipinski definition) is 3. The van der Waals surface area contributed by atoms with E-state index in [9.17, 15) is 9.90 Å². The number of fused-ring (bicyclic) bond motifs is 5. The van der Waals surface area contributed by atoms with E-state index in [-0.39, 0.29) is 17.4 Å². The highest BCUT2D eigenvalue weighted by Crippen LogP contribution is 2.65. The fourth-order valence-electron chi connectivity index (χ4n) is 8.62. The van der Waals surface area contributed by atoms with Crippen LogP contribution in [0.4, 0.5) is 0 Å². The van der Waals surface area contributed by atoms with Gasteiger partial charge in [0.05, 0.1) is 11.8 Å². The minimum Gasteiger partial charge on any atom is -0.390 e. The maximum Gasteiger partial charge on any atom is 0.160 e. The van der Waals surface area contributed by atoms with Crippen LogP contribution in [-0.4, -0.2) is 26.3 Å². The number of aliphatic hydroxyl groups is 1. The highest BCUT2D eigenvalue weighted by molar-refractivity contribution is 5.85. The Bertz CT molecular complexity index is 814. The van der Waals surface area contributed by atoms with E-state index >= 15 is 0 Å². The Kier molecular flexibility index (Phi) is 4.96. The van der Waals surface area contributed by atoms with Gasteiger partial charge in [-0.1, -0.05) is 6.92 Å². The molecule has 0 aliphatic heterocycles. The van der Waals surface area contributed by atoms with Gasteiger partial charge in [-0.2, -0.15) is 5.10 Å². The zero-order valence-electron chi connectivity index (χ0n) is 19.3. The zero-order chi connectivity index (χ0) is 21.3. The van der Waals surface area contributed by atoms with Crippen LogP contribution >= 0.6 is 0 Å². The van der Waals surface area contributed by atoms with Crippen LogP contribution in [0.3, 0.4) is 0 Å². The normalized spacial score (nSPS) is 46.6. The average Bonchev–Trinajstić information content (AvgIpc) is 3.28. The largest absolute Gasteiger partial charge is 0.390 e. The summed E-state index contributed by atoms with van der Waals surface area (Å²) in [7, 11) is 0. The molecule has 1 aromatic heterocycles. The van der Waals surface area contributed by atoms with Gasteiger partial charge in [-0.25, -0.2) is 0 Å². The Morgan fingerprint density at radius 1 is 1.10 bits per heavy atom. The molecule has 4 saturated carbocycles. The summed E-state index contributed by atoms with van der Waals surface area (Å²) in [6.45, 7) is 8.57. The van der Waals surface area contributed by atoms with E-state index < -0.39 is 5.60 Å². The second kappa shape index (κ2) is 7.18. The summed E-state index contributed by atoms with van der Waals surface area (Å²) in [6, 6.07) is -0.159. The van der Waals surface area contributed by atoms with Crippen molar-refractivity contribution in [2.45, 2.75) is 97.1 Å². The van der Waals surface area contributed by atoms with E-state index in [1.165, 1.54) is 38.5 Å². The third-order valence-corrected chi connectivity index (χ3v) is 10.1. The molecule has 0 spiro atoms. The van der Waals surface area contributed by atoms with Gasteiger partial charge >= 0.3 is 0 Å². The minimum absolute atomic E-state index is 0.159. The van der Waals surface area contributed by atoms with Crippen LogP contribution in [0.2, 0.25) is 0 Å². The number of hydrogen-bond donors (Lipinski definition) is 1. The van der Waals surface area contributed by atoms with Crippen molar-refractivity contribution >= 4 is 5.78 Å². The molecule has 1 N–H and O–H groups in total. The Hall–Kier alpha value is -1.16. The Balaban J connectivity index is 1.34. The molecule has 9 atom stereocenters. The highest BCUT2D eigenvalue weighted by Gasteiger charge is 2.59. The molecule has 4 heteroatoms. The minimum atomic E-state index is -0.441.